The van der Waals surface area contributed by atoms with Crippen LogP contribution in [0.25, 0.3) is 0 Å². The quantitative estimate of drug-likeness (QED) is 0.422. The van der Waals surface area contributed by atoms with E-state index < -0.39 is 28.5 Å². The van der Waals surface area contributed by atoms with Gasteiger partial charge in [0, 0.05) is 13.1 Å². The van der Waals surface area contributed by atoms with Gasteiger partial charge >= 0.3 is 0 Å². The Morgan fingerprint density at radius 1 is 1.09 bits per heavy atom. The molecule has 192 valence electrons. The van der Waals surface area contributed by atoms with Crippen LogP contribution in [0.1, 0.15) is 44.2 Å². The normalized spacial score (nSPS) is 12.0. The summed E-state index contributed by atoms with van der Waals surface area (Å²) in [4.78, 5) is 28.2. The maximum Gasteiger partial charge on any atom is 0.244 e. The molecular weight excluding hydrogens is 466 g/mol. The minimum Gasteiger partial charge on any atom is -0.495 e. The molecule has 0 heterocycles. The molecule has 1 atom stereocenters. The Balaban J connectivity index is 2.44. The monoisotopic (exact) mass is 503 g/mol. The molecule has 2 aromatic rings. The van der Waals surface area contributed by atoms with Crippen molar-refractivity contribution in [2.45, 2.75) is 52.6 Å². The predicted molar refractivity (Wildman–Crippen MR) is 139 cm³/mol. The number of anilines is 1. The van der Waals surface area contributed by atoms with Crippen molar-refractivity contribution in [1.29, 1.82) is 0 Å². The van der Waals surface area contributed by atoms with Gasteiger partial charge in [-0.1, -0.05) is 62.2 Å². The summed E-state index contributed by atoms with van der Waals surface area (Å²) >= 11 is 0. The summed E-state index contributed by atoms with van der Waals surface area (Å²) < 4.78 is 31.8. The second-order valence-electron chi connectivity index (χ2n) is 8.52. The number of unbranched alkanes of at least 4 members (excludes halogenated alkanes) is 1. The number of sulfonamides is 1. The van der Waals surface area contributed by atoms with E-state index in [1.54, 1.807) is 24.3 Å². The van der Waals surface area contributed by atoms with Gasteiger partial charge in [0.2, 0.25) is 21.8 Å². The highest BCUT2D eigenvalue weighted by atomic mass is 32.2. The van der Waals surface area contributed by atoms with Gasteiger partial charge in [0.25, 0.3) is 0 Å². The summed E-state index contributed by atoms with van der Waals surface area (Å²) in [5.41, 5.74) is 2.16. The SMILES string of the molecule is CCCCNC(=O)[C@@H](CC)N(Cc1cccc(C)c1)C(=O)CN(c1ccccc1OC)S(C)(=O)=O. The number of nitrogens with zero attached hydrogens (tertiary/aromatic N) is 2. The van der Waals surface area contributed by atoms with E-state index >= 15 is 0 Å². The molecule has 8 nitrogen and oxygen atoms in total. The van der Waals surface area contributed by atoms with Gasteiger partial charge in [-0.3, -0.25) is 13.9 Å². The Hall–Kier alpha value is -3.07. The van der Waals surface area contributed by atoms with Gasteiger partial charge in [0.1, 0.15) is 18.3 Å². The second-order valence-corrected chi connectivity index (χ2v) is 10.4. The summed E-state index contributed by atoms with van der Waals surface area (Å²) in [7, 11) is -2.38. The molecule has 0 unspecified atom stereocenters. The van der Waals surface area contributed by atoms with Crippen molar-refractivity contribution >= 4 is 27.5 Å². The largest absolute Gasteiger partial charge is 0.495 e. The molecule has 0 saturated carbocycles. The fraction of sp³-hybridized carbons (Fsp3) is 0.462. The number of methoxy groups -OCH3 is 1. The predicted octanol–water partition coefficient (Wildman–Crippen LogP) is 3.49. The number of hydrogen-bond acceptors (Lipinski definition) is 5. The molecule has 9 heteroatoms. The molecule has 0 saturated heterocycles. The number of aryl methyl sites for hydroxylation is 1. The minimum absolute atomic E-state index is 0.184. The number of nitrogens with one attached hydrogen (secondary N) is 1. The first-order chi connectivity index (χ1) is 16.6. The number of rotatable bonds is 13. The van der Waals surface area contributed by atoms with E-state index in [-0.39, 0.29) is 18.1 Å². The Labute approximate surface area is 209 Å². The zero-order valence-corrected chi connectivity index (χ0v) is 22.1. The third kappa shape index (κ3) is 7.99. The van der Waals surface area contributed by atoms with Crippen LogP contribution in [0.4, 0.5) is 5.69 Å². The molecule has 0 aliphatic heterocycles. The number of para-hydroxylation sites is 2. The Morgan fingerprint density at radius 2 is 1.80 bits per heavy atom. The number of amides is 2. The summed E-state index contributed by atoms with van der Waals surface area (Å²) in [6.07, 6.45) is 3.21. The first-order valence-electron chi connectivity index (χ1n) is 11.9. The van der Waals surface area contributed by atoms with Crippen LogP contribution in [0.2, 0.25) is 0 Å². The number of carbonyl (C=O) groups is 2. The molecule has 0 aromatic heterocycles. The smallest absolute Gasteiger partial charge is 0.244 e. The van der Waals surface area contributed by atoms with Gasteiger partial charge in [-0.2, -0.15) is 0 Å². The fourth-order valence-electron chi connectivity index (χ4n) is 3.86. The molecule has 2 aromatic carbocycles. The summed E-state index contributed by atoms with van der Waals surface area (Å²) in [6.45, 7) is 6.09. The summed E-state index contributed by atoms with van der Waals surface area (Å²) in [5, 5.41) is 2.92. The van der Waals surface area contributed by atoms with Gasteiger partial charge < -0.3 is 15.0 Å². The van der Waals surface area contributed by atoms with Crippen LogP contribution in [-0.2, 0) is 26.2 Å². The highest BCUT2D eigenvalue weighted by Crippen LogP contribution is 2.29. The Bertz CT molecular complexity index is 1100. The van der Waals surface area contributed by atoms with Gasteiger partial charge in [-0.05, 0) is 37.5 Å². The van der Waals surface area contributed by atoms with Crippen LogP contribution in [0.3, 0.4) is 0 Å². The summed E-state index contributed by atoms with van der Waals surface area (Å²) in [6, 6.07) is 13.6. The molecule has 0 bridgehead atoms. The maximum absolute atomic E-state index is 13.7. The van der Waals surface area contributed by atoms with Crippen molar-refractivity contribution in [1.82, 2.24) is 10.2 Å². The molecule has 0 fully saturated rings. The number of ether oxygens (including phenoxy) is 1. The lowest BCUT2D eigenvalue weighted by molar-refractivity contribution is -0.140. The van der Waals surface area contributed by atoms with Crippen molar-refractivity contribution in [3.05, 3.63) is 59.7 Å². The maximum atomic E-state index is 13.7. The lowest BCUT2D eigenvalue weighted by Gasteiger charge is -2.33. The van der Waals surface area contributed by atoms with E-state index in [4.69, 9.17) is 4.74 Å². The van der Waals surface area contributed by atoms with Gasteiger partial charge in [-0.25, -0.2) is 8.42 Å². The molecule has 35 heavy (non-hydrogen) atoms. The van der Waals surface area contributed by atoms with Crippen LogP contribution < -0.4 is 14.4 Å². The average molecular weight is 504 g/mol. The van der Waals surface area contributed by atoms with Crippen LogP contribution in [0.5, 0.6) is 5.75 Å². The van der Waals surface area contributed by atoms with E-state index in [1.165, 1.54) is 12.0 Å². The highest BCUT2D eigenvalue weighted by Gasteiger charge is 2.32. The first kappa shape index (κ1) is 28.2. The first-order valence-corrected chi connectivity index (χ1v) is 13.7. The third-order valence-corrected chi connectivity index (χ3v) is 6.81. The van der Waals surface area contributed by atoms with Gasteiger partial charge in [0.05, 0.1) is 19.1 Å². The lowest BCUT2D eigenvalue weighted by Crippen LogP contribution is -2.52. The topological polar surface area (TPSA) is 96.0 Å². The van der Waals surface area contributed by atoms with Gasteiger partial charge in [0.15, 0.2) is 0 Å². The van der Waals surface area contributed by atoms with E-state index in [0.29, 0.717) is 18.7 Å². The van der Waals surface area contributed by atoms with Crippen molar-refractivity contribution < 1.29 is 22.7 Å². The van der Waals surface area contributed by atoms with E-state index in [0.717, 1.165) is 34.5 Å². The molecule has 2 amide bonds. The Kier molecular flexibility index (Phi) is 10.6. The van der Waals surface area contributed by atoms with Crippen LogP contribution in [-0.4, -0.2) is 57.6 Å². The van der Waals surface area contributed by atoms with Crippen LogP contribution >= 0.6 is 0 Å². The van der Waals surface area contributed by atoms with E-state index in [9.17, 15) is 18.0 Å². The lowest BCUT2D eigenvalue weighted by atomic mass is 10.1. The standard InChI is InChI=1S/C26H37N3O5S/c1-6-8-16-27-26(31)22(7-2)28(18-21-13-11-12-20(3)17-21)25(30)19-29(35(5,32)33)23-14-9-10-15-24(23)34-4/h9-15,17,22H,6-8,16,18-19H2,1-5H3,(H,27,31)/t22-/m1/s1. The summed E-state index contributed by atoms with van der Waals surface area (Å²) in [5.74, 6) is -0.384. The van der Waals surface area contributed by atoms with Crippen LogP contribution in [0, 0.1) is 6.92 Å². The molecule has 1 N–H and O–H groups in total. The van der Waals surface area contributed by atoms with E-state index in [1.807, 2.05) is 45.0 Å². The zero-order valence-electron chi connectivity index (χ0n) is 21.3. The second kappa shape index (κ2) is 13.1. The van der Waals surface area contributed by atoms with Crippen molar-refractivity contribution in [2.75, 3.05) is 30.8 Å². The molecule has 0 spiro atoms. The van der Waals surface area contributed by atoms with Crippen molar-refractivity contribution in [2.24, 2.45) is 0 Å². The fourth-order valence-corrected chi connectivity index (χ4v) is 4.72. The molecular formula is C26H37N3O5S. The zero-order chi connectivity index (χ0) is 26.0. The van der Waals surface area contributed by atoms with Crippen molar-refractivity contribution in [3.63, 3.8) is 0 Å². The third-order valence-electron chi connectivity index (χ3n) is 5.68. The molecule has 0 aliphatic carbocycles. The van der Waals surface area contributed by atoms with Gasteiger partial charge in [-0.15, -0.1) is 0 Å². The van der Waals surface area contributed by atoms with Crippen LogP contribution in [0.15, 0.2) is 48.5 Å². The Morgan fingerprint density at radius 3 is 2.40 bits per heavy atom. The number of hydrogen-bond donors (Lipinski definition) is 1. The van der Waals surface area contributed by atoms with E-state index in [2.05, 4.69) is 5.32 Å². The molecule has 0 aliphatic rings. The number of benzene rings is 2. The van der Waals surface area contributed by atoms with Crippen molar-refractivity contribution in [3.8, 4) is 5.75 Å². The number of carbonyl (C=O) groups excluding carboxylic acids is 2. The molecule has 2 rings (SSSR count). The highest BCUT2D eigenvalue weighted by molar-refractivity contribution is 7.92. The minimum atomic E-state index is -3.82. The molecule has 0 radical (unpaired) electrons. The average Bonchev–Trinajstić information content (AvgIpc) is 2.81.